The van der Waals surface area contributed by atoms with Crippen LogP contribution in [-0.4, -0.2) is 15.5 Å². The molecule has 0 fully saturated rings. The van der Waals surface area contributed by atoms with E-state index < -0.39 is 0 Å². The number of carbonyl (C=O) groups excluding carboxylic acids is 1. The highest BCUT2D eigenvalue weighted by Crippen LogP contribution is 2.27. The molecule has 1 N–H and O–H groups in total. The first kappa shape index (κ1) is 19.5. The Labute approximate surface area is 176 Å². The minimum absolute atomic E-state index is 0.0659. The molecule has 0 saturated heterocycles. The molecular weight excluding hydrogens is 402 g/mol. The number of thiophene rings is 2. The van der Waals surface area contributed by atoms with Crippen LogP contribution in [0.15, 0.2) is 64.3 Å². The molecule has 0 aliphatic carbocycles. The maximum atomic E-state index is 12.8. The van der Waals surface area contributed by atoms with Crippen LogP contribution in [0.1, 0.15) is 41.8 Å². The molecule has 0 saturated carbocycles. The molecule has 0 spiro atoms. The van der Waals surface area contributed by atoms with Gasteiger partial charge in [0, 0.05) is 4.88 Å². The number of fused-ring (bicyclic) bond motifs is 1. The molecule has 3 heterocycles. The zero-order valence-corrected chi connectivity index (χ0v) is 17.8. The van der Waals surface area contributed by atoms with E-state index in [-0.39, 0.29) is 24.1 Å². The molecule has 148 valence electrons. The minimum Gasteiger partial charge on any atom is -0.343 e. The third-order valence-electron chi connectivity index (χ3n) is 4.83. The van der Waals surface area contributed by atoms with E-state index in [9.17, 15) is 9.59 Å². The first-order valence-electron chi connectivity index (χ1n) is 9.38. The van der Waals surface area contributed by atoms with Gasteiger partial charge in [0.05, 0.1) is 17.8 Å². The zero-order valence-electron chi connectivity index (χ0n) is 16.2. The first-order chi connectivity index (χ1) is 14.0. The number of nitrogens with zero attached hydrogens (tertiary/aromatic N) is 2. The SMILES string of the molecule is CC(C)c1ccc(C(NC(=O)Cn2cnc3sccc3c2=O)c2cccs2)cc1. The van der Waals surface area contributed by atoms with Crippen LogP contribution in [0.25, 0.3) is 10.2 Å². The smallest absolute Gasteiger partial charge is 0.262 e. The Bertz CT molecular complexity index is 1170. The number of hydrogen-bond donors (Lipinski definition) is 1. The van der Waals surface area contributed by atoms with Crippen molar-refractivity contribution in [3.63, 3.8) is 0 Å². The molecule has 4 rings (SSSR count). The molecule has 0 aliphatic heterocycles. The highest BCUT2D eigenvalue weighted by Gasteiger charge is 2.19. The molecule has 3 aromatic heterocycles. The van der Waals surface area contributed by atoms with Gasteiger partial charge in [-0.3, -0.25) is 14.2 Å². The fraction of sp³-hybridized carbons (Fsp3) is 0.227. The van der Waals surface area contributed by atoms with E-state index in [1.807, 2.05) is 22.9 Å². The molecular formula is C22H21N3O2S2. The number of hydrogen-bond acceptors (Lipinski definition) is 5. The van der Waals surface area contributed by atoms with E-state index in [0.717, 1.165) is 10.4 Å². The molecule has 1 unspecified atom stereocenters. The Balaban J connectivity index is 1.58. The average molecular weight is 424 g/mol. The van der Waals surface area contributed by atoms with Crippen molar-refractivity contribution in [1.29, 1.82) is 0 Å². The van der Waals surface area contributed by atoms with Crippen LogP contribution >= 0.6 is 22.7 Å². The van der Waals surface area contributed by atoms with Crippen LogP contribution in [0.5, 0.6) is 0 Å². The molecule has 0 aliphatic rings. The third-order valence-corrected chi connectivity index (χ3v) is 6.59. The van der Waals surface area contributed by atoms with Gasteiger partial charge >= 0.3 is 0 Å². The Kier molecular flexibility index (Phi) is 5.60. The molecule has 7 heteroatoms. The molecule has 29 heavy (non-hydrogen) atoms. The van der Waals surface area contributed by atoms with Gasteiger partial charge in [0.1, 0.15) is 11.4 Å². The summed E-state index contributed by atoms with van der Waals surface area (Å²) in [5.41, 5.74) is 2.08. The lowest BCUT2D eigenvalue weighted by Gasteiger charge is -2.19. The van der Waals surface area contributed by atoms with Gasteiger partial charge in [-0.15, -0.1) is 22.7 Å². The summed E-state index contributed by atoms with van der Waals surface area (Å²) in [6.45, 7) is 4.25. The Morgan fingerprint density at radius 3 is 2.52 bits per heavy atom. The van der Waals surface area contributed by atoms with E-state index in [2.05, 4.69) is 48.4 Å². The van der Waals surface area contributed by atoms with Crippen molar-refractivity contribution < 1.29 is 4.79 Å². The second kappa shape index (κ2) is 8.31. The normalized spacial score (nSPS) is 12.4. The van der Waals surface area contributed by atoms with Gasteiger partial charge in [-0.2, -0.15) is 0 Å². The summed E-state index contributed by atoms with van der Waals surface area (Å²) in [6, 6.07) is 13.8. The first-order valence-corrected chi connectivity index (χ1v) is 11.1. The van der Waals surface area contributed by atoms with Crippen LogP contribution in [0, 0.1) is 0 Å². The van der Waals surface area contributed by atoms with Crippen LogP contribution in [-0.2, 0) is 11.3 Å². The Morgan fingerprint density at radius 1 is 1.07 bits per heavy atom. The van der Waals surface area contributed by atoms with Crippen LogP contribution in [0.4, 0.5) is 0 Å². The fourth-order valence-electron chi connectivity index (χ4n) is 3.21. The Morgan fingerprint density at radius 2 is 1.83 bits per heavy atom. The molecule has 1 aromatic carbocycles. The monoisotopic (exact) mass is 423 g/mol. The fourth-order valence-corrected chi connectivity index (χ4v) is 4.74. The van der Waals surface area contributed by atoms with Gasteiger partial charge < -0.3 is 5.32 Å². The summed E-state index contributed by atoms with van der Waals surface area (Å²) in [7, 11) is 0. The average Bonchev–Trinajstić information content (AvgIpc) is 3.40. The van der Waals surface area contributed by atoms with E-state index in [1.165, 1.54) is 27.8 Å². The molecule has 5 nitrogen and oxygen atoms in total. The maximum Gasteiger partial charge on any atom is 0.262 e. The van der Waals surface area contributed by atoms with Gasteiger partial charge in [0.25, 0.3) is 5.56 Å². The van der Waals surface area contributed by atoms with E-state index >= 15 is 0 Å². The van der Waals surface area contributed by atoms with E-state index in [4.69, 9.17) is 0 Å². The van der Waals surface area contributed by atoms with Crippen molar-refractivity contribution in [1.82, 2.24) is 14.9 Å². The second-order valence-electron chi connectivity index (χ2n) is 7.15. The predicted octanol–water partition coefficient (Wildman–Crippen LogP) is 4.55. The molecule has 1 atom stereocenters. The predicted molar refractivity (Wildman–Crippen MR) is 119 cm³/mol. The van der Waals surface area contributed by atoms with Gasteiger partial charge in [0.15, 0.2) is 0 Å². The summed E-state index contributed by atoms with van der Waals surface area (Å²) < 4.78 is 1.36. The van der Waals surface area contributed by atoms with Gasteiger partial charge in [-0.25, -0.2) is 4.98 Å². The van der Waals surface area contributed by atoms with Crippen molar-refractivity contribution in [3.8, 4) is 0 Å². The Hall–Kier alpha value is -2.77. The van der Waals surface area contributed by atoms with E-state index in [0.29, 0.717) is 16.1 Å². The van der Waals surface area contributed by atoms with Crippen molar-refractivity contribution in [2.45, 2.75) is 32.4 Å². The summed E-state index contributed by atoms with van der Waals surface area (Å²) >= 11 is 3.01. The van der Waals surface area contributed by atoms with Crippen molar-refractivity contribution in [3.05, 3.63) is 85.9 Å². The quantitative estimate of drug-likeness (QED) is 0.495. The van der Waals surface area contributed by atoms with Crippen molar-refractivity contribution in [2.24, 2.45) is 0 Å². The lowest BCUT2D eigenvalue weighted by atomic mass is 9.98. The van der Waals surface area contributed by atoms with Crippen LogP contribution in [0.2, 0.25) is 0 Å². The largest absolute Gasteiger partial charge is 0.343 e. The molecule has 1 amide bonds. The number of benzene rings is 1. The maximum absolute atomic E-state index is 12.8. The lowest BCUT2D eigenvalue weighted by Crippen LogP contribution is -2.35. The van der Waals surface area contributed by atoms with Gasteiger partial charge in [-0.1, -0.05) is 44.2 Å². The number of nitrogens with one attached hydrogen (secondary N) is 1. The lowest BCUT2D eigenvalue weighted by molar-refractivity contribution is -0.122. The van der Waals surface area contributed by atoms with E-state index in [1.54, 1.807) is 17.4 Å². The van der Waals surface area contributed by atoms with Crippen molar-refractivity contribution >= 4 is 38.8 Å². The number of aromatic nitrogens is 2. The highest BCUT2D eigenvalue weighted by atomic mass is 32.1. The summed E-state index contributed by atoms with van der Waals surface area (Å²) in [6.07, 6.45) is 1.44. The number of rotatable bonds is 6. The summed E-state index contributed by atoms with van der Waals surface area (Å²) in [5.74, 6) is 0.222. The van der Waals surface area contributed by atoms with Gasteiger partial charge in [-0.05, 0) is 39.9 Å². The zero-order chi connectivity index (χ0) is 20.4. The summed E-state index contributed by atoms with van der Waals surface area (Å²) in [4.78, 5) is 31.4. The molecule has 0 radical (unpaired) electrons. The summed E-state index contributed by atoms with van der Waals surface area (Å²) in [5, 5.41) is 7.46. The second-order valence-corrected chi connectivity index (χ2v) is 9.03. The molecule has 4 aromatic rings. The standard InChI is InChI=1S/C22H21N3O2S2/c1-14(2)15-5-7-16(8-6-15)20(18-4-3-10-28-18)24-19(26)12-25-13-23-21-17(22(25)27)9-11-29-21/h3-11,13-14,20H,12H2,1-2H3,(H,24,26). The van der Waals surface area contributed by atoms with Crippen molar-refractivity contribution in [2.75, 3.05) is 0 Å². The van der Waals surface area contributed by atoms with Gasteiger partial charge in [0.2, 0.25) is 5.91 Å². The minimum atomic E-state index is -0.253. The van der Waals surface area contributed by atoms with Crippen LogP contribution in [0.3, 0.4) is 0 Å². The number of carbonyl (C=O) groups is 1. The molecule has 0 bridgehead atoms. The topological polar surface area (TPSA) is 64.0 Å². The van der Waals surface area contributed by atoms with Crippen LogP contribution < -0.4 is 10.9 Å². The highest BCUT2D eigenvalue weighted by molar-refractivity contribution is 7.16. The number of amides is 1. The third kappa shape index (κ3) is 4.16.